The van der Waals surface area contributed by atoms with Gasteiger partial charge in [-0.3, -0.25) is 14.5 Å². The van der Waals surface area contributed by atoms with Gasteiger partial charge >= 0.3 is 0 Å². The molecular weight excluding hydrogens is 364 g/mol. The van der Waals surface area contributed by atoms with Crippen molar-refractivity contribution in [3.8, 4) is 0 Å². The van der Waals surface area contributed by atoms with Crippen LogP contribution in [0.15, 0.2) is 60.8 Å². The number of amides is 2. The molecule has 1 N–H and O–H groups in total. The molecule has 0 radical (unpaired) electrons. The predicted molar refractivity (Wildman–Crippen MR) is 104 cm³/mol. The minimum absolute atomic E-state index is 0.0764. The van der Waals surface area contributed by atoms with E-state index in [1.807, 2.05) is 22.9 Å². The van der Waals surface area contributed by atoms with Crippen LogP contribution in [0.4, 0.5) is 11.5 Å². The summed E-state index contributed by atoms with van der Waals surface area (Å²) in [6, 6.07) is 16.0. The summed E-state index contributed by atoms with van der Waals surface area (Å²) >= 11 is 5.85. The Morgan fingerprint density at radius 3 is 2.56 bits per heavy atom. The fraction of sp³-hybridized carbons (Fsp3) is 0.150. The first kappa shape index (κ1) is 17.3. The number of halogens is 1. The molecule has 2 amide bonds. The highest BCUT2D eigenvalue weighted by molar-refractivity contribution is 6.30. The summed E-state index contributed by atoms with van der Waals surface area (Å²) in [5.74, 6) is 0.680. The summed E-state index contributed by atoms with van der Waals surface area (Å²) < 4.78 is 1.83. The third kappa shape index (κ3) is 3.71. The minimum atomic E-state index is -0.198. The second kappa shape index (κ2) is 7.25. The van der Waals surface area contributed by atoms with Gasteiger partial charge in [0.25, 0.3) is 5.91 Å². The fourth-order valence-electron chi connectivity index (χ4n) is 3.04. The molecule has 1 aliphatic rings. The number of hydrogen-bond donors (Lipinski definition) is 1. The van der Waals surface area contributed by atoms with Crippen LogP contribution in [0.5, 0.6) is 0 Å². The van der Waals surface area contributed by atoms with E-state index in [-0.39, 0.29) is 11.8 Å². The van der Waals surface area contributed by atoms with Gasteiger partial charge < -0.3 is 5.32 Å². The van der Waals surface area contributed by atoms with Crippen LogP contribution in [0.3, 0.4) is 0 Å². The molecule has 6 nitrogen and oxygen atoms in total. The summed E-state index contributed by atoms with van der Waals surface area (Å²) in [6.45, 7) is 1.06. The second-order valence-corrected chi connectivity index (χ2v) is 6.74. The van der Waals surface area contributed by atoms with Crippen molar-refractivity contribution in [3.05, 3.63) is 76.9 Å². The fourth-order valence-corrected chi connectivity index (χ4v) is 3.17. The van der Waals surface area contributed by atoms with Crippen LogP contribution < -0.4 is 10.2 Å². The Kier molecular flexibility index (Phi) is 4.64. The summed E-state index contributed by atoms with van der Waals surface area (Å²) in [6.07, 6.45) is 2.14. The molecule has 2 aromatic carbocycles. The summed E-state index contributed by atoms with van der Waals surface area (Å²) in [5.41, 5.74) is 2.17. The number of carbonyl (C=O) groups is 2. The van der Waals surface area contributed by atoms with Crippen molar-refractivity contribution in [2.45, 2.75) is 19.5 Å². The Hall–Kier alpha value is -3.12. The van der Waals surface area contributed by atoms with E-state index >= 15 is 0 Å². The predicted octanol–water partition coefficient (Wildman–Crippen LogP) is 3.73. The SMILES string of the molecule is O=C(Nc1ccc(Cl)cc1)c1ccc(CN2C(=O)CCn3nccc32)cc1. The highest BCUT2D eigenvalue weighted by atomic mass is 35.5. The van der Waals surface area contributed by atoms with Crippen molar-refractivity contribution in [3.63, 3.8) is 0 Å². The molecule has 0 aliphatic carbocycles. The molecule has 0 bridgehead atoms. The van der Waals surface area contributed by atoms with E-state index in [0.29, 0.717) is 35.8 Å². The standard InChI is InChI=1S/C20H17ClN4O2/c21-16-5-7-17(8-6-16)23-20(27)15-3-1-14(2-4-15)13-24-18-9-11-22-25(18)12-10-19(24)26/h1-9,11H,10,12-13H2,(H,23,27). The van der Waals surface area contributed by atoms with Gasteiger partial charge in [-0.2, -0.15) is 5.10 Å². The van der Waals surface area contributed by atoms with E-state index in [9.17, 15) is 9.59 Å². The number of aromatic nitrogens is 2. The largest absolute Gasteiger partial charge is 0.322 e. The maximum atomic E-state index is 12.4. The number of rotatable bonds is 4. The van der Waals surface area contributed by atoms with E-state index in [1.165, 1.54) is 0 Å². The maximum Gasteiger partial charge on any atom is 0.255 e. The third-order valence-electron chi connectivity index (χ3n) is 4.47. The van der Waals surface area contributed by atoms with Gasteiger partial charge in [0.15, 0.2) is 0 Å². The van der Waals surface area contributed by atoms with Crippen LogP contribution in [-0.2, 0) is 17.9 Å². The van der Waals surface area contributed by atoms with Crippen molar-refractivity contribution in [1.29, 1.82) is 0 Å². The first-order valence-electron chi connectivity index (χ1n) is 8.58. The quantitative estimate of drug-likeness (QED) is 0.750. The smallest absolute Gasteiger partial charge is 0.255 e. The van der Waals surface area contributed by atoms with Gasteiger partial charge in [0.1, 0.15) is 5.82 Å². The highest BCUT2D eigenvalue weighted by Crippen LogP contribution is 2.23. The minimum Gasteiger partial charge on any atom is -0.322 e. The molecular formula is C20H17ClN4O2. The number of carbonyl (C=O) groups excluding carboxylic acids is 2. The van der Waals surface area contributed by atoms with Crippen LogP contribution in [-0.4, -0.2) is 21.6 Å². The highest BCUT2D eigenvalue weighted by Gasteiger charge is 2.24. The number of nitrogens with one attached hydrogen (secondary N) is 1. The average molecular weight is 381 g/mol. The number of aryl methyl sites for hydroxylation is 1. The summed E-state index contributed by atoms with van der Waals surface area (Å²) in [5, 5.41) is 7.67. The molecule has 0 atom stereocenters. The van der Waals surface area contributed by atoms with Crippen molar-refractivity contribution < 1.29 is 9.59 Å². The molecule has 0 unspecified atom stereocenters. The monoisotopic (exact) mass is 380 g/mol. The molecule has 3 aromatic rings. The van der Waals surface area contributed by atoms with Gasteiger partial charge in [-0.1, -0.05) is 23.7 Å². The van der Waals surface area contributed by atoms with E-state index in [0.717, 1.165) is 11.4 Å². The molecule has 1 aliphatic heterocycles. The summed E-state index contributed by atoms with van der Waals surface area (Å²) in [4.78, 5) is 26.4. The first-order chi connectivity index (χ1) is 13.1. The zero-order valence-corrected chi connectivity index (χ0v) is 15.2. The first-order valence-corrected chi connectivity index (χ1v) is 8.96. The van der Waals surface area contributed by atoms with Crippen molar-refractivity contribution >= 4 is 34.9 Å². The lowest BCUT2D eigenvalue weighted by Crippen LogP contribution is -2.36. The molecule has 136 valence electrons. The molecule has 0 saturated heterocycles. The lowest BCUT2D eigenvalue weighted by atomic mass is 10.1. The van der Waals surface area contributed by atoms with Crippen LogP contribution in [0.2, 0.25) is 5.02 Å². The Morgan fingerprint density at radius 2 is 1.81 bits per heavy atom. The van der Waals surface area contributed by atoms with E-state index in [4.69, 9.17) is 11.6 Å². The Morgan fingerprint density at radius 1 is 1.07 bits per heavy atom. The number of fused-ring (bicyclic) bond motifs is 1. The Bertz CT molecular complexity index is 980. The third-order valence-corrected chi connectivity index (χ3v) is 4.72. The average Bonchev–Trinajstić information content (AvgIpc) is 3.15. The van der Waals surface area contributed by atoms with Gasteiger partial charge in [0, 0.05) is 28.8 Å². The lowest BCUT2D eigenvalue weighted by molar-refractivity contribution is -0.119. The number of hydrogen-bond acceptors (Lipinski definition) is 3. The topological polar surface area (TPSA) is 67.2 Å². The molecule has 2 heterocycles. The van der Waals surface area contributed by atoms with Crippen LogP contribution in [0.25, 0.3) is 0 Å². The van der Waals surface area contributed by atoms with Gasteiger partial charge in [-0.25, -0.2) is 4.68 Å². The van der Waals surface area contributed by atoms with Gasteiger partial charge in [-0.05, 0) is 42.0 Å². The zero-order chi connectivity index (χ0) is 18.8. The molecule has 0 saturated carbocycles. The van der Waals surface area contributed by atoms with Crippen LogP contribution >= 0.6 is 11.6 Å². The molecule has 27 heavy (non-hydrogen) atoms. The number of nitrogens with zero attached hydrogens (tertiary/aromatic N) is 3. The van der Waals surface area contributed by atoms with Crippen molar-refractivity contribution in [2.24, 2.45) is 0 Å². The zero-order valence-electron chi connectivity index (χ0n) is 14.4. The van der Waals surface area contributed by atoms with Gasteiger partial charge in [0.05, 0.1) is 19.3 Å². The number of benzene rings is 2. The van der Waals surface area contributed by atoms with E-state index < -0.39 is 0 Å². The van der Waals surface area contributed by atoms with Crippen molar-refractivity contribution in [1.82, 2.24) is 9.78 Å². The Balaban J connectivity index is 1.45. The molecule has 0 spiro atoms. The van der Waals surface area contributed by atoms with E-state index in [2.05, 4.69) is 10.4 Å². The molecule has 7 heteroatoms. The number of anilines is 2. The summed E-state index contributed by atoms with van der Waals surface area (Å²) in [7, 11) is 0. The van der Waals surface area contributed by atoms with Gasteiger partial charge in [-0.15, -0.1) is 0 Å². The van der Waals surface area contributed by atoms with Gasteiger partial charge in [0.2, 0.25) is 5.91 Å². The molecule has 4 rings (SSSR count). The second-order valence-electron chi connectivity index (χ2n) is 6.30. The maximum absolute atomic E-state index is 12.4. The van der Waals surface area contributed by atoms with E-state index in [1.54, 1.807) is 47.5 Å². The molecule has 0 fully saturated rings. The van der Waals surface area contributed by atoms with Crippen LogP contribution in [0.1, 0.15) is 22.3 Å². The molecule has 1 aromatic heterocycles. The van der Waals surface area contributed by atoms with Crippen LogP contribution in [0, 0.1) is 0 Å². The van der Waals surface area contributed by atoms with Crippen molar-refractivity contribution in [2.75, 3.05) is 10.2 Å². The normalized spacial score (nSPS) is 13.4. The lowest BCUT2D eigenvalue weighted by Gasteiger charge is -2.27. The Labute approximate surface area is 161 Å².